The number of carbonyl (C=O) groups is 1. The van der Waals surface area contributed by atoms with Crippen molar-refractivity contribution in [3.63, 3.8) is 0 Å². The first-order valence-corrected chi connectivity index (χ1v) is 5.30. The summed E-state index contributed by atoms with van der Waals surface area (Å²) >= 11 is 0. The molecule has 0 radical (unpaired) electrons. The van der Waals surface area contributed by atoms with Gasteiger partial charge in [-0.2, -0.15) is 5.26 Å². The van der Waals surface area contributed by atoms with E-state index >= 15 is 0 Å². The SMILES string of the molecule is N#CC1([C@@H]2CCCC2=O)CCOCC1. The van der Waals surface area contributed by atoms with Gasteiger partial charge >= 0.3 is 0 Å². The summed E-state index contributed by atoms with van der Waals surface area (Å²) in [5.74, 6) is 0.296. The number of rotatable bonds is 1. The van der Waals surface area contributed by atoms with Gasteiger partial charge < -0.3 is 4.74 Å². The number of hydrogen-bond acceptors (Lipinski definition) is 3. The van der Waals surface area contributed by atoms with Crippen molar-refractivity contribution >= 4 is 5.78 Å². The van der Waals surface area contributed by atoms with Crippen LogP contribution in [0.2, 0.25) is 0 Å². The Morgan fingerprint density at radius 3 is 2.64 bits per heavy atom. The third-order valence-electron chi connectivity index (χ3n) is 3.58. The molecule has 3 heteroatoms. The molecule has 0 unspecified atom stereocenters. The number of hydrogen-bond donors (Lipinski definition) is 0. The first kappa shape index (κ1) is 9.67. The van der Waals surface area contributed by atoms with E-state index in [4.69, 9.17) is 4.74 Å². The van der Waals surface area contributed by atoms with Crippen molar-refractivity contribution in [1.82, 2.24) is 0 Å². The molecule has 0 aromatic heterocycles. The van der Waals surface area contributed by atoms with E-state index in [9.17, 15) is 10.1 Å². The summed E-state index contributed by atoms with van der Waals surface area (Å²) in [6.45, 7) is 1.27. The largest absolute Gasteiger partial charge is 0.381 e. The monoisotopic (exact) mass is 193 g/mol. The fraction of sp³-hybridized carbons (Fsp3) is 0.818. The summed E-state index contributed by atoms with van der Waals surface area (Å²) in [7, 11) is 0. The second-order valence-electron chi connectivity index (χ2n) is 4.29. The molecule has 1 saturated carbocycles. The molecule has 3 nitrogen and oxygen atoms in total. The Balaban J connectivity index is 2.18. The van der Waals surface area contributed by atoms with Crippen LogP contribution in [0, 0.1) is 22.7 Å². The molecule has 1 aliphatic heterocycles. The van der Waals surface area contributed by atoms with Crippen LogP contribution in [0.1, 0.15) is 32.1 Å². The highest BCUT2D eigenvalue weighted by Gasteiger charge is 2.45. The number of nitriles is 1. The molecular weight excluding hydrogens is 178 g/mol. The third-order valence-corrected chi connectivity index (χ3v) is 3.58. The molecule has 1 atom stereocenters. The van der Waals surface area contributed by atoms with E-state index in [-0.39, 0.29) is 5.92 Å². The lowest BCUT2D eigenvalue weighted by Crippen LogP contribution is -2.37. The van der Waals surface area contributed by atoms with Crippen molar-refractivity contribution in [1.29, 1.82) is 5.26 Å². The molecule has 2 aliphatic rings. The van der Waals surface area contributed by atoms with E-state index < -0.39 is 5.41 Å². The molecular formula is C11H15NO2. The van der Waals surface area contributed by atoms with Crippen LogP contribution < -0.4 is 0 Å². The van der Waals surface area contributed by atoms with Crippen molar-refractivity contribution in [2.45, 2.75) is 32.1 Å². The van der Waals surface area contributed by atoms with E-state index in [1.54, 1.807) is 0 Å². The molecule has 76 valence electrons. The number of ether oxygens (including phenoxy) is 1. The fourth-order valence-electron chi connectivity index (χ4n) is 2.67. The molecule has 2 fully saturated rings. The molecule has 1 heterocycles. The van der Waals surface area contributed by atoms with Crippen LogP contribution >= 0.6 is 0 Å². The summed E-state index contributed by atoms with van der Waals surface area (Å²) in [5.41, 5.74) is -0.397. The van der Waals surface area contributed by atoms with Crippen LogP contribution in [-0.4, -0.2) is 19.0 Å². The van der Waals surface area contributed by atoms with Crippen molar-refractivity contribution in [3.05, 3.63) is 0 Å². The van der Waals surface area contributed by atoms with Gasteiger partial charge in [-0.05, 0) is 25.7 Å². The first-order valence-electron chi connectivity index (χ1n) is 5.30. The van der Waals surface area contributed by atoms with Gasteiger partial charge in [0.1, 0.15) is 5.78 Å². The van der Waals surface area contributed by atoms with Gasteiger partial charge in [0.2, 0.25) is 0 Å². The zero-order valence-electron chi connectivity index (χ0n) is 8.29. The number of ketones is 1. The minimum atomic E-state index is -0.397. The lowest BCUT2D eigenvalue weighted by molar-refractivity contribution is -0.125. The van der Waals surface area contributed by atoms with E-state index in [2.05, 4.69) is 6.07 Å². The summed E-state index contributed by atoms with van der Waals surface area (Å²) < 4.78 is 5.26. The number of carbonyl (C=O) groups excluding carboxylic acids is 1. The molecule has 0 aromatic carbocycles. The maximum atomic E-state index is 11.6. The smallest absolute Gasteiger partial charge is 0.137 e. The lowest BCUT2D eigenvalue weighted by atomic mass is 9.70. The highest BCUT2D eigenvalue weighted by molar-refractivity contribution is 5.84. The predicted octanol–water partition coefficient (Wildman–Crippen LogP) is 1.68. The number of Topliss-reactive ketones (excluding diaryl/α,β-unsaturated/α-hetero) is 1. The summed E-state index contributed by atoms with van der Waals surface area (Å²) in [6.07, 6.45) is 4.02. The van der Waals surface area contributed by atoms with Crippen molar-refractivity contribution in [2.24, 2.45) is 11.3 Å². The van der Waals surface area contributed by atoms with Gasteiger partial charge in [-0.3, -0.25) is 4.79 Å². The molecule has 14 heavy (non-hydrogen) atoms. The minimum Gasteiger partial charge on any atom is -0.381 e. The number of nitrogens with zero attached hydrogens (tertiary/aromatic N) is 1. The van der Waals surface area contributed by atoms with Gasteiger partial charge in [-0.25, -0.2) is 0 Å². The zero-order valence-corrected chi connectivity index (χ0v) is 8.29. The lowest BCUT2D eigenvalue weighted by Gasteiger charge is -2.34. The maximum absolute atomic E-state index is 11.6. The highest BCUT2D eigenvalue weighted by Crippen LogP contribution is 2.44. The van der Waals surface area contributed by atoms with Gasteiger partial charge in [-0.15, -0.1) is 0 Å². The van der Waals surface area contributed by atoms with Gasteiger partial charge in [0.25, 0.3) is 0 Å². The Kier molecular flexibility index (Phi) is 2.56. The zero-order chi connectivity index (χ0) is 10.0. The predicted molar refractivity (Wildman–Crippen MR) is 50.4 cm³/mol. The Morgan fingerprint density at radius 1 is 1.43 bits per heavy atom. The minimum absolute atomic E-state index is 0.00333. The first-order chi connectivity index (χ1) is 6.78. The van der Waals surface area contributed by atoms with Crippen LogP contribution in [0.25, 0.3) is 0 Å². The average Bonchev–Trinajstić information content (AvgIpc) is 2.66. The van der Waals surface area contributed by atoms with Crippen LogP contribution in [0.5, 0.6) is 0 Å². The van der Waals surface area contributed by atoms with E-state index in [0.29, 0.717) is 25.4 Å². The van der Waals surface area contributed by atoms with Crippen LogP contribution in [0.3, 0.4) is 0 Å². The molecule has 0 bridgehead atoms. The third kappa shape index (κ3) is 1.44. The molecule has 0 N–H and O–H groups in total. The Labute approximate surface area is 84.0 Å². The summed E-state index contributed by atoms with van der Waals surface area (Å²) in [6, 6.07) is 2.39. The molecule has 0 aromatic rings. The molecule has 0 amide bonds. The van der Waals surface area contributed by atoms with Gasteiger partial charge in [-0.1, -0.05) is 0 Å². The fourth-order valence-corrected chi connectivity index (χ4v) is 2.67. The van der Waals surface area contributed by atoms with E-state index in [1.165, 1.54) is 0 Å². The highest BCUT2D eigenvalue weighted by atomic mass is 16.5. The van der Waals surface area contributed by atoms with Crippen LogP contribution in [-0.2, 0) is 9.53 Å². The normalized spacial score (nSPS) is 31.4. The van der Waals surface area contributed by atoms with Gasteiger partial charge in [0, 0.05) is 25.6 Å². The quantitative estimate of drug-likeness (QED) is 0.636. The Hall–Kier alpha value is -0.880. The standard InChI is InChI=1S/C11H15NO2/c12-8-11(4-6-14-7-5-11)9-2-1-3-10(9)13/h9H,1-7H2/t9-/m1/s1. The Bertz CT molecular complexity index is 274. The summed E-state index contributed by atoms with van der Waals surface area (Å²) in [4.78, 5) is 11.6. The van der Waals surface area contributed by atoms with Gasteiger partial charge in [0.05, 0.1) is 11.5 Å². The molecule has 1 saturated heterocycles. The molecule has 2 rings (SSSR count). The molecule has 0 spiro atoms. The van der Waals surface area contributed by atoms with Crippen molar-refractivity contribution in [2.75, 3.05) is 13.2 Å². The maximum Gasteiger partial charge on any atom is 0.137 e. The van der Waals surface area contributed by atoms with E-state index in [1.807, 2.05) is 0 Å². The van der Waals surface area contributed by atoms with Crippen molar-refractivity contribution < 1.29 is 9.53 Å². The van der Waals surface area contributed by atoms with E-state index in [0.717, 1.165) is 25.7 Å². The van der Waals surface area contributed by atoms with Crippen LogP contribution in [0.15, 0.2) is 0 Å². The summed E-state index contributed by atoms with van der Waals surface area (Å²) in [5, 5.41) is 9.26. The second-order valence-corrected chi connectivity index (χ2v) is 4.29. The van der Waals surface area contributed by atoms with Gasteiger partial charge in [0.15, 0.2) is 0 Å². The molecule has 1 aliphatic carbocycles. The van der Waals surface area contributed by atoms with Crippen molar-refractivity contribution in [3.8, 4) is 6.07 Å². The average molecular weight is 193 g/mol. The second kappa shape index (κ2) is 3.70. The van der Waals surface area contributed by atoms with Crippen LogP contribution in [0.4, 0.5) is 0 Å². The Morgan fingerprint density at radius 2 is 2.14 bits per heavy atom. The topological polar surface area (TPSA) is 50.1 Å².